The topological polar surface area (TPSA) is 602 Å². The van der Waals surface area contributed by atoms with Crippen molar-refractivity contribution in [3.63, 3.8) is 0 Å². The molecule has 15 N–H and O–H groups in total. The molecule has 9 rings (SSSR count). The number of carbonyl (C=O) groups is 14. The van der Waals surface area contributed by atoms with E-state index in [1.807, 2.05) is 0 Å². The number of carboxylic acid groups (broad SMARTS) is 2. The summed E-state index contributed by atoms with van der Waals surface area (Å²) in [5.41, 5.74) is -2.19. The Morgan fingerprint density at radius 3 is 1.71 bits per heavy atom. The maximum Gasteiger partial charge on any atom is 0.335 e. The predicted octanol–water partition coefficient (Wildman–Crippen LogP) is -5.14. The van der Waals surface area contributed by atoms with Gasteiger partial charge < -0.3 is 120 Å². The number of ketones is 1. The number of piperazine rings is 1. The van der Waals surface area contributed by atoms with Crippen LogP contribution >= 0.6 is 23.5 Å². The molecule has 5 saturated heterocycles. The molecule has 2 aromatic rings. The van der Waals surface area contributed by atoms with Crippen LogP contribution in [-0.4, -0.2) is 369 Å². The van der Waals surface area contributed by atoms with Crippen LogP contribution < -0.4 is 26.7 Å². The van der Waals surface area contributed by atoms with Crippen LogP contribution in [0.3, 0.4) is 0 Å². The van der Waals surface area contributed by atoms with Crippen LogP contribution in [0.25, 0.3) is 33.4 Å². The smallest absolute Gasteiger partial charge is 0.335 e. The molecule has 11 amide bonds. The number of aliphatic carboxylic acids is 2. The minimum Gasteiger partial charge on any atom is -0.508 e. The number of hydrogen-bond acceptors (Lipinski definition) is 32. The number of Topliss-reactive ketones (excluding diaryl/α,β-unsaturated/α-hetero) is 1. The van der Waals surface area contributed by atoms with Gasteiger partial charge in [0.2, 0.25) is 59.1 Å². The summed E-state index contributed by atoms with van der Waals surface area (Å²) in [7, 11) is 0. The lowest BCUT2D eigenvalue weighted by Crippen LogP contribution is -2.67. The molecule has 5 fully saturated rings. The molecule has 41 nitrogen and oxygen atoms in total. The summed E-state index contributed by atoms with van der Waals surface area (Å²) in [5.74, 6) is -10.8. The maximum atomic E-state index is 14.4. The number of carbonyl (C=O) groups excluding carboxylic acids is 12. The number of thioether (sulfide) groups is 2. The van der Waals surface area contributed by atoms with E-state index in [9.17, 15) is 128 Å². The lowest BCUT2D eigenvalue weighted by atomic mass is 9.84. The van der Waals surface area contributed by atoms with Crippen molar-refractivity contribution in [3.8, 4) is 28.2 Å². The van der Waals surface area contributed by atoms with Gasteiger partial charge in [-0.05, 0) is 56.2 Å². The van der Waals surface area contributed by atoms with Gasteiger partial charge in [0, 0.05) is 130 Å². The van der Waals surface area contributed by atoms with Crippen LogP contribution in [0, 0.1) is 0 Å². The van der Waals surface area contributed by atoms with Gasteiger partial charge in [-0.25, -0.2) is 9.59 Å². The first-order valence-electron chi connectivity index (χ1n) is 38.1. The molecule has 6 heterocycles. The summed E-state index contributed by atoms with van der Waals surface area (Å²) in [6.45, 7) is -3.96. The summed E-state index contributed by atoms with van der Waals surface area (Å²) in [4.78, 5) is 202. The van der Waals surface area contributed by atoms with Gasteiger partial charge in [0.15, 0.2) is 16.6 Å². The van der Waals surface area contributed by atoms with Crippen LogP contribution in [0.2, 0.25) is 0 Å². The SMILES string of the molecule is C[C@]1(C(=O)O)C[C@H](O)[C@@H](NC(=O)CNC(=O)CN(CCOCCOCCCC(=O)CCSC2CC(=O)N(CN3C(=O)CC(SCCC(=O)NCC(=O)N[C@@H]4[C@@H](O)C[C@](C)(C(=O)O)O[C@H]4C(O)[C@H](O)CO)C3=O)C2=O)C(=O)COCC(=O)N2CCN(C(=O)c3ccccc3-c3c4ccc(=O)cc-4oc4cc(O)ccc34)CC2)[C@H]([C@H](O)[C@H](O)CO)O1. The Morgan fingerprint density at radius 1 is 0.613 bits per heavy atom. The van der Waals surface area contributed by atoms with Crippen LogP contribution in [-0.2, 0) is 86.0 Å². The molecule has 0 radical (unpaired) electrons. The Kier molecular flexibility index (Phi) is 33.3. The van der Waals surface area contributed by atoms with Crippen molar-refractivity contribution in [3.05, 3.63) is 76.5 Å². The van der Waals surface area contributed by atoms with Crippen molar-refractivity contribution in [1.82, 2.24) is 45.8 Å². The number of ether oxygens (including phenoxy) is 5. The molecular formula is C76H97N9O32S2. The third-order valence-corrected chi connectivity index (χ3v) is 23.1. The Balaban J connectivity index is 0.682. The predicted molar refractivity (Wildman–Crippen MR) is 413 cm³/mol. The lowest BCUT2D eigenvalue weighted by Gasteiger charge is -2.45. The molecule has 2 aromatic carbocycles. The van der Waals surface area contributed by atoms with Crippen LogP contribution in [0.15, 0.2) is 69.9 Å². The number of nitrogens with zero attached hydrogens (tertiary/aromatic N) is 5. The molecule has 0 spiro atoms. The second-order valence-corrected chi connectivity index (χ2v) is 31.9. The van der Waals surface area contributed by atoms with E-state index < -0.39 is 219 Å². The van der Waals surface area contributed by atoms with Crippen molar-refractivity contribution in [1.29, 1.82) is 0 Å². The lowest BCUT2D eigenvalue weighted by molar-refractivity contribution is -0.224. The van der Waals surface area contributed by atoms with E-state index in [1.54, 1.807) is 41.3 Å². The fraction of sp³-hybridized carbons (Fsp3) is 0.566. The number of aliphatic hydroxyl groups is 8. The number of phenols is 1. The Bertz CT molecular complexity index is 4420. The van der Waals surface area contributed by atoms with E-state index in [-0.39, 0.29) is 143 Å². The average molecular weight is 1710 g/mol. The minimum absolute atomic E-state index is 0.00855. The number of benzene rings is 3. The Hall–Kier alpha value is -9.71. The van der Waals surface area contributed by atoms with E-state index in [4.69, 9.17) is 28.1 Å². The summed E-state index contributed by atoms with van der Waals surface area (Å²) < 4.78 is 33.9. The normalized spacial score (nSPS) is 23.7. The number of fused-ring (bicyclic) bond motifs is 2. The number of carboxylic acids is 2. The third kappa shape index (κ3) is 24.1. The zero-order valence-electron chi connectivity index (χ0n) is 64.8. The molecule has 0 aromatic heterocycles. The monoisotopic (exact) mass is 1710 g/mol. The van der Waals surface area contributed by atoms with Gasteiger partial charge in [0.05, 0.1) is 87.5 Å². The third-order valence-electron chi connectivity index (χ3n) is 20.6. The molecule has 650 valence electrons. The molecule has 1 aliphatic carbocycles. The van der Waals surface area contributed by atoms with Crippen LogP contribution in [0.4, 0.5) is 0 Å². The maximum absolute atomic E-state index is 14.4. The second kappa shape index (κ2) is 42.5. The molecule has 0 bridgehead atoms. The van der Waals surface area contributed by atoms with E-state index in [2.05, 4.69) is 21.3 Å². The zero-order chi connectivity index (χ0) is 86.7. The van der Waals surface area contributed by atoms with Crippen molar-refractivity contribution < 1.29 is 151 Å². The van der Waals surface area contributed by atoms with Gasteiger partial charge in [0.1, 0.15) is 79.4 Å². The molecule has 14 atom stereocenters. The highest BCUT2D eigenvalue weighted by Crippen LogP contribution is 2.43. The first kappa shape index (κ1) is 93.2. The Morgan fingerprint density at radius 2 is 1.15 bits per heavy atom. The summed E-state index contributed by atoms with van der Waals surface area (Å²) in [6, 6.07) is 12.7. The number of rotatable bonds is 42. The number of aromatic hydroxyl groups is 1. The van der Waals surface area contributed by atoms with E-state index in [0.29, 0.717) is 27.6 Å². The van der Waals surface area contributed by atoms with E-state index >= 15 is 0 Å². The quantitative estimate of drug-likeness (QED) is 0.0112. The second-order valence-electron chi connectivity index (χ2n) is 29.3. The number of aliphatic hydroxyl groups excluding tert-OH is 8. The number of likely N-dealkylation sites (tertiary alicyclic amines) is 2. The average Bonchev–Trinajstić information content (AvgIpc) is 1.46. The van der Waals surface area contributed by atoms with Crippen LogP contribution in [0.1, 0.15) is 75.6 Å². The van der Waals surface area contributed by atoms with Crippen molar-refractivity contribution in [2.75, 3.05) is 123 Å². The fourth-order valence-corrected chi connectivity index (χ4v) is 16.3. The highest BCUT2D eigenvalue weighted by molar-refractivity contribution is 8.00. The number of imide groups is 2. The molecule has 119 heavy (non-hydrogen) atoms. The van der Waals surface area contributed by atoms with Gasteiger partial charge in [-0.3, -0.25) is 72.1 Å². The molecular weight excluding hydrogens is 1620 g/mol. The molecule has 0 saturated carbocycles. The first-order valence-corrected chi connectivity index (χ1v) is 40.2. The minimum atomic E-state index is -2.09. The van der Waals surface area contributed by atoms with Gasteiger partial charge in [-0.1, -0.05) is 18.2 Å². The zero-order valence-corrected chi connectivity index (χ0v) is 66.5. The van der Waals surface area contributed by atoms with Gasteiger partial charge >= 0.3 is 11.9 Å². The van der Waals surface area contributed by atoms with Gasteiger partial charge in [-0.15, -0.1) is 23.5 Å². The molecule has 6 aliphatic heterocycles. The number of amides is 11. The highest BCUT2D eigenvalue weighted by Gasteiger charge is 2.54. The van der Waals surface area contributed by atoms with Gasteiger partial charge in [0.25, 0.3) is 5.91 Å². The number of phenolic OH excluding ortho intramolecular Hbond substituents is 1. The molecule has 7 aliphatic rings. The summed E-state index contributed by atoms with van der Waals surface area (Å²) >= 11 is 2.00. The number of nitrogens with one attached hydrogen (secondary N) is 4. The highest BCUT2D eigenvalue weighted by atomic mass is 32.2. The molecule has 3 unspecified atom stereocenters. The van der Waals surface area contributed by atoms with Crippen molar-refractivity contribution in [2.45, 2.75) is 148 Å². The van der Waals surface area contributed by atoms with Crippen LogP contribution in [0.5, 0.6) is 5.75 Å². The fourth-order valence-electron chi connectivity index (χ4n) is 14.0. The van der Waals surface area contributed by atoms with Crippen molar-refractivity contribution >= 4 is 117 Å². The van der Waals surface area contributed by atoms with Crippen molar-refractivity contribution in [2.24, 2.45) is 0 Å². The largest absolute Gasteiger partial charge is 0.508 e. The van der Waals surface area contributed by atoms with E-state index in [1.165, 1.54) is 29.2 Å². The summed E-state index contributed by atoms with van der Waals surface area (Å²) in [5, 5.41) is 120. The number of hydrogen-bond donors (Lipinski definition) is 15. The summed E-state index contributed by atoms with van der Waals surface area (Å²) in [6.07, 6.45) is -16.0. The first-order chi connectivity index (χ1) is 56.5. The Labute approximate surface area is 687 Å². The standard InChI is InChI=1S/C76H97N9O32S2/c1-75(73(108)109)30-47(91)64(68(116-75)66(103)49(93)35-86)79-56(96)32-77-55(95)14-25-119-54-29-60(100)85(72(54)107)39-84-59(99)28-53(71(84)106)118-24-13-40(88)6-5-20-112-22-23-113-21-19-83(34-58(98)78-33-57(97)80-65-48(92)31-76(2,74(110)111)117-69(65)67(104)50(94)36-87)62(102)38-114-37-61(101)81-15-17-82(18-16-81)70(105)44-8-4-3-7-43(44)63-45-11-9-41(89)26-51(45)115-52-27-42(90)10-12-46(52)63/h3-4,7-12,26-27,47-50,53-54,64-69,86-87,89,91-94,103-104H,5-6,13-25,28-39H2,1-2H3,(H,77,95)(H,78,98)(H,79,96)(H,80,97)(H,108,109)(H,110,111)/t47-,48-,49+,50+,53?,54?,64+,65+,66?,67+,68+,69+,75+,76+/m0/s1. The van der Waals surface area contributed by atoms with E-state index in [0.717, 1.165) is 52.1 Å². The molecule has 43 heteroatoms. The van der Waals surface area contributed by atoms with Gasteiger partial charge in [-0.2, -0.15) is 0 Å².